The molecule has 0 fully saturated rings. The van der Waals surface area contributed by atoms with Crippen LogP contribution in [0.2, 0.25) is 0 Å². The van der Waals surface area contributed by atoms with Crippen molar-refractivity contribution >= 4 is 7.85 Å². The second kappa shape index (κ2) is 2.71. The Bertz CT molecular complexity index is 79.1. The van der Waals surface area contributed by atoms with Gasteiger partial charge in [0.15, 0.2) is 0 Å². The molecule has 52 valence electrons. The second-order valence-corrected chi connectivity index (χ2v) is 2.88. The molecule has 0 saturated carbocycles. The van der Waals surface area contributed by atoms with Crippen molar-refractivity contribution in [2.75, 3.05) is 28.2 Å². The smallest absolute Gasteiger partial charge is 0.117 e. The zero-order chi connectivity index (χ0) is 7.65. The zero-order valence-electron chi connectivity index (χ0n) is 6.97. The van der Waals surface area contributed by atoms with E-state index < -0.39 is 0 Å². The van der Waals surface area contributed by atoms with Gasteiger partial charge in [0, 0.05) is 5.56 Å². The maximum atomic E-state index is 5.85. The molecule has 0 atom stereocenters. The first-order valence-electron chi connectivity index (χ1n) is 3.02. The highest BCUT2D eigenvalue weighted by Crippen LogP contribution is 2.07. The molecule has 0 aromatic heterocycles. The zero-order valence-corrected chi connectivity index (χ0v) is 6.97. The molecule has 0 aliphatic heterocycles. The van der Waals surface area contributed by atoms with Gasteiger partial charge >= 0.3 is 0 Å². The van der Waals surface area contributed by atoms with Crippen molar-refractivity contribution in [2.45, 2.75) is 12.5 Å². The Balaban J connectivity index is 4.01. The van der Waals surface area contributed by atoms with Crippen LogP contribution in [0.25, 0.3) is 0 Å². The summed E-state index contributed by atoms with van der Waals surface area (Å²) >= 11 is 0. The summed E-state index contributed by atoms with van der Waals surface area (Å²) in [4.78, 5) is 3.93. The second-order valence-electron chi connectivity index (χ2n) is 2.88. The minimum Gasteiger partial charge on any atom is -0.300 e. The lowest BCUT2D eigenvalue weighted by atomic mass is 9.87. The molecule has 0 saturated heterocycles. The van der Waals surface area contributed by atoms with Gasteiger partial charge in [-0.15, -0.1) is 0 Å². The molecule has 0 unspecified atom stereocenters. The Labute approximate surface area is 59.2 Å². The van der Waals surface area contributed by atoms with Crippen molar-refractivity contribution in [3.05, 3.63) is 0 Å². The summed E-state index contributed by atoms with van der Waals surface area (Å²) in [5, 5.41) is 0. The van der Waals surface area contributed by atoms with Crippen molar-refractivity contribution < 1.29 is 0 Å². The molecule has 2 nitrogen and oxygen atoms in total. The average molecular weight is 126 g/mol. The van der Waals surface area contributed by atoms with Gasteiger partial charge in [-0.1, -0.05) is 0 Å². The van der Waals surface area contributed by atoms with E-state index in [9.17, 15) is 0 Å². The van der Waals surface area contributed by atoms with E-state index in [0.717, 1.165) is 0 Å². The van der Waals surface area contributed by atoms with Gasteiger partial charge < -0.3 is 9.80 Å². The van der Waals surface area contributed by atoms with Crippen molar-refractivity contribution in [3.8, 4) is 0 Å². The lowest BCUT2D eigenvalue weighted by Gasteiger charge is -2.39. The van der Waals surface area contributed by atoms with E-state index in [1.807, 2.05) is 44.9 Å². The minimum absolute atomic E-state index is 0.333. The van der Waals surface area contributed by atoms with Crippen LogP contribution in [0.3, 0.4) is 0 Å². The Kier molecular flexibility index (Phi) is 2.71. The third-order valence-electron chi connectivity index (χ3n) is 1.81. The molecule has 3 heteroatoms. The normalized spacial score (nSPS) is 13.2. The Morgan fingerprint density at radius 1 is 1.00 bits per heavy atom. The SMILES string of the molecule is [B]C(C)(N(C)C)N(C)C. The lowest BCUT2D eigenvalue weighted by Crippen LogP contribution is -2.53. The molecule has 0 amide bonds. The first kappa shape index (κ1) is 8.98. The molecular formula is C6H15BN2. The van der Waals surface area contributed by atoms with Crippen LogP contribution in [0.1, 0.15) is 6.92 Å². The van der Waals surface area contributed by atoms with Crippen molar-refractivity contribution in [1.82, 2.24) is 9.80 Å². The van der Waals surface area contributed by atoms with Crippen LogP contribution in [0, 0.1) is 0 Å². The fourth-order valence-electron chi connectivity index (χ4n) is 0.400. The van der Waals surface area contributed by atoms with Gasteiger partial charge in [0.25, 0.3) is 0 Å². The van der Waals surface area contributed by atoms with Crippen LogP contribution in [0.4, 0.5) is 0 Å². The highest BCUT2D eigenvalue weighted by molar-refractivity contribution is 6.14. The predicted octanol–water partition coefficient (Wildman–Crippen LogP) is -0.0482. The summed E-state index contributed by atoms with van der Waals surface area (Å²) in [6, 6.07) is 0. The molecule has 0 rings (SSSR count). The molecule has 0 bridgehead atoms. The van der Waals surface area contributed by atoms with Crippen molar-refractivity contribution in [1.29, 1.82) is 0 Å². The summed E-state index contributed by atoms with van der Waals surface area (Å²) < 4.78 is 0. The van der Waals surface area contributed by atoms with E-state index in [4.69, 9.17) is 7.85 Å². The van der Waals surface area contributed by atoms with Crippen LogP contribution in [0.15, 0.2) is 0 Å². The van der Waals surface area contributed by atoms with Crippen LogP contribution in [-0.2, 0) is 0 Å². The van der Waals surface area contributed by atoms with E-state index in [2.05, 4.69) is 0 Å². The molecule has 9 heavy (non-hydrogen) atoms. The molecule has 0 heterocycles. The topological polar surface area (TPSA) is 6.48 Å². The Morgan fingerprint density at radius 3 is 1.22 bits per heavy atom. The summed E-state index contributed by atoms with van der Waals surface area (Å²) in [7, 11) is 13.7. The van der Waals surface area contributed by atoms with Gasteiger partial charge in [0.1, 0.15) is 7.85 Å². The molecule has 0 aromatic rings. The third kappa shape index (κ3) is 1.99. The van der Waals surface area contributed by atoms with Gasteiger partial charge in [-0.25, -0.2) is 0 Å². The Hall–Kier alpha value is -0.0151. The van der Waals surface area contributed by atoms with E-state index in [1.165, 1.54) is 0 Å². The van der Waals surface area contributed by atoms with Gasteiger partial charge in [0.2, 0.25) is 0 Å². The molecule has 2 radical (unpaired) electrons. The largest absolute Gasteiger partial charge is 0.300 e. The Morgan fingerprint density at radius 2 is 1.22 bits per heavy atom. The number of hydrogen-bond donors (Lipinski definition) is 0. The maximum Gasteiger partial charge on any atom is 0.117 e. The monoisotopic (exact) mass is 126 g/mol. The number of hydrogen-bond acceptors (Lipinski definition) is 2. The van der Waals surface area contributed by atoms with Crippen LogP contribution in [0.5, 0.6) is 0 Å². The summed E-state index contributed by atoms with van der Waals surface area (Å²) in [5.74, 6) is 0. The van der Waals surface area contributed by atoms with Crippen LogP contribution in [-0.4, -0.2) is 51.4 Å². The average Bonchev–Trinajstić information content (AvgIpc) is 1.65. The van der Waals surface area contributed by atoms with E-state index in [0.29, 0.717) is 0 Å². The maximum absolute atomic E-state index is 5.85. The third-order valence-corrected chi connectivity index (χ3v) is 1.81. The number of rotatable bonds is 2. The molecule has 0 N–H and O–H groups in total. The van der Waals surface area contributed by atoms with Crippen molar-refractivity contribution in [2.24, 2.45) is 0 Å². The van der Waals surface area contributed by atoms with E-state index in [-0.39, 0.29) is 5.56 Å². The standard InChI is InChI=1S/C6H15BN2/c1-6(7,8(2)3)9(4)5/h1-5H3. The highest BCUT2D eigenvalue weighted by Gasteiger charge is 2.21. The molecular weight excluding hydrogens is 111 g/mol. The van der Waals surface area contributed by atoms with Crippen LogP contribution >= 0.6 is 0 Å². The highest BCUT2D eigenvalue weighted by atomic mass is 15.3. The van der Waals surface area contributed by atoms with E-state index in [1.54, 1.807) is 0 Å². The minimum atomic E-state index is -0.333. The molecule has 0 aliphatic rings. The quantitative estimate of drug-likeness (QED) is 0.378. The summed E-state index contributed by atoms with van der Waals surface area (Å²) in [6.07, 6.45) is 0. The fourth-order valence-corrected chi connectivity index (χ4v) is 0.400. The fraction of sp³-hybridized carbons (Fsp3) is 1.00. The molecule has 0 spiro atoms. The molecule has 0 aromatic carbocycles. The van der Waals surface area contributed by atoms with Gasteiger partial charge in [-0.3, -0.25) is 0 Å². The molecule has 0 aliphatic carbocycles. The summed E-state index contributed by atoms with van der Waals surface area (Å²) in [5.41, 5.74) is -0.333. The number of nitrogens with zero attached hydrogens (tertiary/aromatic N) is 2. The van der Waals surface area contributed by atoms with Gasteiger partial charge in [-0.05, 0) is 35.1 Å². The first-order chi connectivity index (χ1) is 3.89. The summed E-state index contributed by atoms with van der Waals surface area (Å²) in [6.45, 7) is 1.97. The lowest BCUT2D eigenvalue weighted by molar-refractivity contribution is 0.103. The van der Waals surface area contributed by atoms with E-state index >= 15 is 0 Å². The van der Waals surface area contributed by atoms with Gasteiger partial charge in [-0.2, -0.15) is 0 Å². The van der Waals surface area contributed by atoms with Gasteiger partial charge in [0.05, 0.1) is 0 Å². The van der Waals surface area contributed by atoms with Crippen LogP contribution < -0.4 is 0 Å². The van der Waals surface area contributed by atoms with Crippen molar-refractivity contribution in [3.63, 3.8) is 0 Å². The predicted molar refractivity (Wildman–Crippen MR) is 41.5 cm³/mol. The first-order valence-corrected chi connectivity index (χ1v) is 3.02.